The Labute approximate surface area is 638 Å². The summed E-state index contributed by atoms with van der Waals surface area (Å²) in [6.45, 7) is 9.54. The van der Waals surface area contributed by atoms with Crippen LogP contribution in [0.4, 0.5) is 0 Å². The Kier molecular flexibility index (Phi) is 75.0. The van der Waals surface area contributed by atoms with E-state index < -0.39 is 97.5 Å². The first-order chi connectivity index (χ1) is 50.4. The van der Waals surface area contributed by atoms with Crippen molar-refractivity contribution in [2.45, 2.75) is 471 Å². The van der Waals surface area contributed by atoms with Crippen molar-refractivity contribution in [2.75, 3.05) is 39.6 Å². The van der Waals surface area contributed by atoms with Gasteiger partial charge in [-0.2, -0.15) is 0 Å². The van der Waals surface area contributed by atoms with E-state index in [2.05, 4.69) is 41.5 Å². The van der Waals surface area contributed by atoms with Gasteiger partial charge in [-0.15, -0.1) is 0 Å². The normalized spacial score (nSPS) is 13.8. The second-order valence-electron chi connectivity index (χ2n) is 31.5. The van der Waals surface area contributed by atoms with Gasteiger partial charge in [-0.3, -0.25) is 37.3 Å². The molecule has 5 atom stereocenters. The average molecular weight is 1520 g/mol. The summed E-state index contributed by atoms with van der Waals surface area (Å²) in [4.78, 5) is 73.1. The predicted molar refractivity (Wildman–Crippen MR) is 428 cm³/mol. The lowest BCUT2D eigenvalue weighted by Gasteiger charge is -2.21. The number of carbonyl (C=O) groups excluding carboxylic acids is 4. The lowest BCUT2D eigenvalue weighted by molar-refractivity contribution is -0.161. The first-order valence-corrected chi connectivity index (χ1v) is 47.0. The first-order valence-electron chi connectivity index (χ1n) is 44.0. The minimum absolute atomic E-state index is 0.105. The van der Waals surface area contributed by atoms with Gasteiger partial charge in [-0.1, -0.05) is 401 Å². The molecule has 0 aromatic heterocycles. The monoisotopic (exact) mass is 1520 g/mol. The van der Waals surface area contributed by atoms with Crippen LogP contribution >= 0.6 is 15.6 Å². The number of hydrogen-bond acceptors (Lipinski definition) is 15. The van der Waals surface area contributed by atoms with Gasteiger partial charge in [0.1, 0.15) is 19.3 Å². The molecule has 104 heavy (non-hydrogen) atoms. The minimum Gasteiger partial charge on any atom is -0.462 e. The largest absolute Gasteiger partial charge is 0.472 e. The second kappa shape index (κ2) is 76.4. The number of hydrogen-bond donors (Lipinski definition) is 3. The summed E-state index contributed by atoms with van der Waals surface area (Å²) in [5.74, 6) is -0.695. The Morgan fingerprint density at radius 2 is 0.442 bits per heavy atom. The van der Waals surface area contributed by atoms with Gasteiger partial charge in [-0.05, 0) is 37.5 Å². The zero-order valence-corrected chi connectivity index (χ0v) is 70.1. The van der Waals surface area contributed by atoms with E-state index in [9.17, 15) is 43.2 Å². The van der Waals surface area contributed by atoms with Crippen LogP contribution in [0.2, 0.25) is 0 Å². The lowest BCUT2D eigenvalue weighted by Crippen LogP contribution is -2.30. The van der Waals surface area contributed by atoms with E-state index in [1.165, 1.54) is 263 Å². The summed E-state index contributed by atoms with van der Waals surface area (Å²) >= 11 is 0. The molecule has 2 unspecified atom stereocenters. The number of ether oxygens (including phenoxy) is 4. The second-order valence-corrected chi connectivity index (χ2v) is 34.4. The maximum atomic E-state index is 13.1. The van der Waals surface area contributed by atoms with Crippen molar-refractivity contribution in [1.82, 2.24) is 0 Å². The van der Waals surface area contributed by atoms with Gasteiger partial charge in [0.05, 0.1) is 26.4 Å². The minimum atomic E-state index is -4.96. The number of carbonyl (C=O) groups is 4. The molecule has 618 valence electrons. The van der Waals surface area contributed by atoms with E-state index in [0.29, 0.717) is 31.6 Å². The molecule has 0 amide bonds. The van der Waals surface area contributed by atoms with E-state index in [-0.39, 0.29) is 25.7 Å². The number of esters is 4. The van der Waals surface area contributed by atoms with Crippen LogP contribution in [0.3, 0.4) is 0 Å². The Morgan fingerprint density at radius 1 is 0.260 bits per heavy atom. The summed E-state index contributed by atoms with van der Waals surface area (Å²) in [5, 5.41) is 10.6. The number of phosphoric acid groups is 2. The van der Waals surface area contributed by atoms with Crippen LogP contribution in [0.5, 0.6) is 0 Å². The number of aliphatic hydroxyl groups excluding tert-OH is 1. The molecule has 17 nitrogen and oxygen atoms in total. The molecule has 0 aliphatic heterocycles. The molecule has 0 aliphatic rings. The van der Waals surface area contributed by atoms with E-state index in [4.69, 9.17) is 37.0 Å². The highest BCUT2D eigenvalue weighted by molar-refractivity contribution is 7.47. The quantitative estimate of drug-likeness (QED) is 0.0222. The van der Waals surface area contributed by atoms with E-state index in [0.717, 1.165) is 102 Å². The van der Waals surface area contributed by atoms with E-state index in [1.54, 1.807) is 0 Å². The van der Waals surface area contributed by atoms with Crippen molar-refractivity contribution >= 4 is 39.5 Å². The van der Waals surface area contributed by atoms with Crippen molar-refractivity contribution in [1.29, 1.82) is 0 Å². The van der Waals surface area contributed by atoms with Gasteiger partial charge in [0, 0.05) is 25.7 Å². The van der Waals surface area contributed by atoms with Gasteiger partial charge >= 0.3 is 39.5 Å². The van der Waals surface area contributed by atoms with Crippen LogP contribution in [0.15, 0.2) is 0 Å². The maximum Gasteiger partial charge on any atom is 0.472 e. The van der Waals surface area contributed by atoms with Crippen LogP contribution in [0.25, 0.3) is 0 Å². The molecule has 0 rings (SSSR count). The van der Waals surface area contributed by atoms with Crippen LogP contribution in [0.1, 0.15) is 452 Å². The Morgan fingerprint density at radius 3 is 0.654 bits per heavy atom. The standard InChI is InChI=1S/C85H166O17P2/c1-7-9-11-13-15-17-19-21-23-25-27-29-31-33-35-37-39-41-45-49-57-63-69-84(89)101-80(73-95-82(87)67-61-55-48-44-40-38-36-34-32-30-28-26-24-22-20-18-16-14-12-10-8-2)75-99-103(91,92)97-71-79(86)72-98-104(93,94)100-76-81(74-96-83(88)68-62-56-52-51-54-60-66-78(5)6)102-85(90)70-64-58-50-46-42-43-47-53-59-65-77(3)4/h77-81,86H,7-76H2,1-6H3,(H,91,92)(H,93,94)/t79-,80-,81-/m1/s1. The highest BCUT2D eigenvalue weighted by Crippen LogP contribution is 2.45. The predicted octanol–water partition coefficient (Wildman–Crippen LogP) is 25.8. The topological polar surface area (TPSA) is 237 Å². The van der Waals surface area contributed by atoms with E-state index >= 15 is 0 Å². The third-order valence-corrected chi connectivity index (χ3v) is 21.9. The van der Waals surface area contributed by atoms with Crippen molar-refractivity contribution < 1.29 is 80.2 Å². The molecule has 0 saturated heterocycles. The summed E-state index contributed by atoms with van der Waals surface area (Å²) in [6, 6.07) is 0. The van der Waals surface area contributed by atoms with Crippen LogP contribution in [0, 0.1) is 11.8 Å². The molecule has 0 saturated carbocycles. The molecule has 19 heteroatoms. The zero-order chi connectivity index (χ0) is 76.4. The van der Waals surface area contributed by atoms with Crippen molar-refractivity contribution in [3.8, 4) is 0 Å². The fraction of sp³-hybridized carbons (Fsp3) is 0.953. The first kappa shape index (κ1) is 102. The van der Waals surface area contributed by atoms with Gasteiger partial charge in [0.25, 0.3) is 0 Å². The third kappa shape index (κ3) is 78.2. The highest BCUT2D eigenvalue weighted by atomic mass is 31.2. The molecule has 0 aromatic rings. The Balaban J connectivity index is 5.17. The molecule has 0 aromatic carbocycles. The highest BCUT2D eigenvalue weighted by Gasteiger charge is 2.30. The molecule has 0 heterocycles. The number of unbranched alkanes of at least 4 members (excludes halogenated alkanes) is 54. The number of aliphatic hydroxyl groups is 1. The zero-order valence-electron chi connectivity index (χ0n) is 68.3. The molecule has 0 bridgehead atoms. The molecule has 0 aliphatic carbocycles. The Hall–Kier alpha value is -1.94. The summed E-state index contributed by atoms with van der Waals surface area (Å²) in [7, 11) is -9.92. The van der Waals surface area contributed by atoms with Gasteiger partial charge in [0.15, 0.2) is 12.2 Å². The van der Waals surface area contributed by atoms with Crippen LogP contribution < -0.4 is 0 Å². The molecular formula is C85H166O17P2. The number of rotatable bonds is 84. The summed E-state index contributed by atoms with van der Waals surface area (Å²) in [6.07, 6.45) is 68.6. The van der Waals surface area contributed by atoms with E-state index in [1.807, 2.05) is 0 Å². The fourth-order valence-corrected chi connectivity index (χ4v) is 14.8. The third-order valence-electron chi connectivity index (χ3n) is 20.0. The molecule has 3 N–H and O–H groups in total. The molecule has 0 spiro atoms. The lowest BCUT2D eigenvalue weighted by atomic mass is 10.0. The van der Waals surface area contributed by atoms with Crippen molar-refractivity contribution in [3.05, 3.63) is 0 Å². The summed E-state index contributed by atoms with van der Waals surface area (Å²) in [5.41, 5.74) is 0. The number of phosphoric ester groups is 2. The van der Waals surface area contributed by atoms with Gasteiger partial charge in [-0.25, -0.2) is 9.13 Å². The maximum absolute atomic E-state index is 13.1. The van der Waals surface area contributed by atoms with Gasteiger partial charge in [0.2, 0.25) is 0 Å². The SMILES string of the molecule is CCCCCCCCCCCCCCCCCCCCCCCCC(=O)O[C@H](COC(=O)CCCCCCCCCCCCCCCCCCCCCCC)COP(=O)(O)OC[C@@H](O)COP(=O)(O)OC[C@@H](COC(=O)CCCCCCCCC(C)C)OC(=O)CCCCCCCCCCCC(C)C. The molecule has 0 radical (unpaired) electrons. The van der Waals surface area contributed by atoms with Crippen molar-refractivity contribution in [2.24, 2.45) is 11.8 Å². The molecular weight excluding hydrogens is 1350 g/mol. The fourth-order valence-electron chi connectivity index (χ4n) is 13.2. The smallest absolute Gasteiger partial charge is 0.462 e. The summed E-state index contributed by atoms with van der Waals surface area (Å²) < 4.78 is 68.7. The molecule has 0 fully saturated rings. The van der Waals surface area contributed by atoms with Crippen LogP contribution in [-0.4, -0.2) is 96.7 Å². The Bertz CT molecular complexity index is 1990. The van der Waals surface area contributed by atoms with Crippen molar-refractivity contribution in [3.63, 3.8) is 0 Å². The van der Waals surface area contributed by atoms with Crippen LogP contribution in [-0.2, 0) is 65.4 Å². The van der Waals surface area contributed by atoms with Gasteiger partial charge < -0.3 is 33.8 Å². The average Bonchev–Trinajstić information content (AvgIpc) is 0.903.